The highest BCUT2D eigenvalue weighted by atomic mass is 16.2. The van der Waals surface area contributed by atoms with Crippen molar-refractivity contribution in [3.63, 3.8) is 0 Å². The summed E-state index contributed by atoms with van der Waals surface area (Å²) < 4.78 is 0. The van der Waals surface area contributed by atoms with Gasteiger partial charge >= 0.3 is 0 Å². The molecule has 28 heavy (non-hydrogen) atoms. The summed E-state index contributed by atoms with van der Waals surface area (Å²) in [5, 5.41) is 2.34. The summed E-state index contributed by atoms with van der Waals surface area (Å²) in [6.45, 7) is 5.39. The molecule has 1 unspecified atom stereocenters. The van der Waals surface area contributed by atoms with Crippen LogP contribution in [0.5, 0.6) is 0 Å². The Labute approximate surface area is 165 Å². The molecule has 3 aliphatic rings. The number of nitrogens with one attached hydrogen (secondary N) is 1. The minimum Gasteiger partial charge on any atom is -0.328 e. The second kappa shape index (κ2) is 7.64. The lowest BCUT2D eigenvalue weighted by atomic mass is 9.91. The van der Waals surface area contributed by atoms with Crippen LogP contribution < -0.4 is 11.1 Å². The Bertz CT molecular complexity index is 799. The number of nitrogens with zero attached hydrogens (tertiary/aromatic N) is 2. The number of benzene rings is 1. The molecular weight excluding hydrogens is 356 g/mol. The summed E-state index contributed by atoms with van der Waals surface area (Å²) in [4.78, 5) is 40.5. The summed E-state index contributed by atoms with van der Waals surface area (Å²) in [6.07, 6.45) is 2.90. The van der Waals surface area contributed by atoms with Crippen LogP contribution in [0.4, 0.5) is 0 Å². The lowest BCUT2D eigenvalue weighted by Crippen LogP contribution is -2.52. The molecule has 0 aliphatic carbocycles. The van der Waals surface area contributed by atoms with Crippen LogP contribution in [0.1, 0.15) is 54.1 Å². The zero-order valence-corrected chi connectivity index (χ0v) is 16.3. The topological polar surface area (TPSA) is 95.7 Å². The van der Waals surface area contributed by atoms with Crippen molar-refractivity contribution in [1.82, 2.24) is 15.1 Å². The van der Waals surface area contributed by atoms with E-state index in [9.17, 15) is 14.4 Å². The average molecular weight is 384 g/mol. The van der Waals surface area contributed by atoms with E-state index in [1.54, 1.807) is 4.90 Å². The van der Waals surface area contributed by atoms with E-state index in [-0.39, 0.29) is 30.2 Å². The van der Waals surface area contributed by atoms with Gasteiger partial charge in [0.25, 0.3) is 5.91 Å². The van der Waals surface area contributed by atoms with Crippen molar-refractivity contribution in [1.29, 1.82) is 0 Å². The first-order chi connectivity index (χ1) is 13.4. The van der Waals surface area contributed by atoms with Crippen molar-refractivity contribution in [3.05, 3.63) is 34.9 Å². The zero-order valence-electron chi connectivity index (χ0n) is 16.3. The highest BCUT2D eigenvalue weighted by molar-refractivity contribution is 6.05. The molecule has 3 N–H and O–H groups in total. The summed E-state index contributed by atoms with van der Waals surface area (Å²) in [5.41, 5.74) is 8.79. The van der Waals surface area contributed by atoms with E-state index in [1.807, 2.05) is 12.1 Å². The molecule has 0 radical (unpaired) electrons. The Balaban J connectivity index is 1.42. The number of imide groups is 1. The Hall–Kier alpha value is -2.25. The molecule has 7 heteroatoms. The number of likely N-dealkylation sites (tertiary alicyclic amines) is 1. The number of hydrogen-bond acceptors (Lipinski definition) is 5. The second-order valence-corrected chi connectivity index (χ2v) is 8.36. The predicted octanol–water partition coefficient (Wildman–Crippen LogP) is 1.01. The summed E-state index contributed by atoms with van der Waals surface area (Å²) in [7, 11) is 0. The highest BCUT2D eigenvalue weighted by Gasteiger charge is 2.39. The molecule has 1 aromatic carbocycles. The van der Waals surface area contributed by atoms with Gasteiger partial charge in [0, 0.05) is 31.1 Å². The fraction of sp³-hybridized carbons (Fsp3) is 0.571. The van der Waals surface area contributed by atoms with Gasteiger partial charge < -0.3 is 10.6 Å². The number of piperidine rings is 2. The van der Waals surface area contributed by atoms with E-state index >= 15 is 0 Å². The van der Waals surface area contributed by atoms with Crippen molar-refractivity contribution in [2.24, 2.45) is 11.7 Å². The van der Waals surface area contributed by atoms with E-state index in [2.05, 4.69) is 23.2 Å². The van der Waals surface area contributed by atoms with Crippen LogP contribution in [-0.4, -0.2) is 52.7 Å². The second-order valence-electron chi connectivity index (χ2n) is 8.36. The van der Waals surface area contributed by atoms with Gasteiger partial charge in [-0.25, -0.2) is 0 Å². The van der Waals surface area contributed by atoms with Crippen molar-refractivity contribution in [2.45, 2.75) is 57.8 Å². The third kappa shape index (κ3) is 3.69. The van der Waals surface area contributed by atoms with Crippen LogP contribution in [-0.2, 0) is 22.7 Å². The van der Waals surface area contributed by atoms with Crippen LogP contribution in [0.3, 0.4) is 0 Å². The maximum atomic E-state index is 12.9. The normalized spacial score (nSPS) is 25.0. The summed E-state index contributed by atoms with van der Waals surface area (Å²) in [6, 6.07) is 5.75. The van der Waals surface area contributed by atoms with E-state index in [4.69, 9.17) is 5.73 Å². The monoisotopic (exact) mass is 384 g/mol. The average Bonchev–Trinajstić information content (AvgIpc) is 2.98. The first kappa shape index (κ1) is 19.1. The van der Waals surface area contributed by atoms with Crippen LogP contribution in [0.25, 0.3) is 0 Å². The number of amides is 3. The van der Waals surface area contributed by atoms with Crippen molar-refractivity contribution in [2.75, 3.05) is 13.1 Å². The molecule has 3 amide bonds. The molecule has 2 atom stereocenters. The Morgan fingerprint density at radius 1 is 1.18 bits per heavy atom. The number of rotatable bonds is 4. The van der Waals surface area contributed by atoms with Crippen LogP contribution in [0.2, 0.25) is 0 Å². The molecule has 0 bridgehead atoms. The fourth-order valence-electron chi connectivity index (χ4n) is 4.60. The minimum absolute atomic E-state index is 0.109. The van der Waals surface area contributed by atoms with Crippen LogP contribution in [0, 0.1) is 5.92 Å². The lowest BCUT2D eigenvalue weighted by molar-refractivity contribution is -0.136. The number of carbonyl (C=O) groups excluding carboxylic acids is 3. The maximum Gasteiger partial charge on any atom is 0.255 e. The standard InChI is InChI=1S/C21H28N4O3/c1-13(22)15-6-8-24(9-7-15)11-14-2-3-16-12-25(21(28)17(16)10-14)18-4-5-19(26)23-20(18)27/h2-3,10,13,15,18H,4-9,11-12,22H2,1H3,(H,23,26,27)/t13-,18?/m1/s1. The molecule has 2 saturated heterocycles. The molecule has 150 valence electrons. The van der Waals surface area contributed by atoms with Gasteiger partial charge in [-0.1, -0.05) is 12.1 Å². The van der Waals surface area contributed by atoms with E-state index in [0.717, 1.165) is 43.6 Å². The Kier molecular flexibility index (Phi) is 5.21. The molecule has 7 nitrogen and oxygen atoms in total. The molecular formula is C21H28N4O3. The van der Waals surface area contributed by atoms with Crippen molar-refractivity contribution < 1.29 is 14.4 Å². The van der Waals surface area contributed by atoms with Gasteiger partial charge in [-0.05, 0) is 62.4 Å². The maximum absolute atomic E-state index is 12.9. The number of hydrogen-bond donors (Lipinski definition) is 2. The summed E-state index contributed by atoms with van der Waals surface area (Å²) >= 11 is 0. The molecule has 3 heterocycles. The fourth-order valence-corrected chi connectivity index (χ4v) is 4.60. The van der Waals surface area contributed by atoms with Gasteiger partial charge in [0.05, 0.1) is 0 Å². The smallest absolute Gasteiger partial charge is 0.255 e. The molecule has 2 fully saturated rings. The van der Waals surface area contributed by atoms with E-state index in [1.165, 1.54) is 0 Å². The lowest BCUT2D eigenvalue weighted by Gasteiger charge is -2.33. The van der Waals surface area contributed by atoms with Gasteiger partial charge in [0.15, 0.2) is 0 Å². The molecule has 1 aromatic rings. The third-order valence-electron chi connectivity index (χ3n) is 6.37. The SMILES string of the molecule is C[C@@H](N)C1CCN(Cc2ccc3c(c2)C(=O)N(C2CCC(=O)NC2=O)C3)CC1. The third-order valence-corrected chi connectivity index (χ3v) is 6.37. The first-order valence-corrected chi connectivity index (χ1v) is 10.2. The number of fused-ring (bicyclic) bond motifs is 1. The predicted molar refractivity (Wildman–Crippen MR) is 104 cm³/mol. The van der Waals surface area contributed by atoms with Crippen molar-refractivity contribution >= 4 is 17.7 Å². The Morgan fingerprint density at radius 3 is 2.61 bits per heavy atom. The molecule has 4 rings (SSSR count). The number of carbonyl (C=O) groups is 3. The first-order valence-electron chi connectivity index (χ1n) is 10.2. The highest BCUT2D eigenvalue weighted by Crippen LogP contribution is 2.29. The quantitative estimate of drug-likeness (QED) is 0.756. The van der Waals surface area contributed by atoms with Gasteiger partial charge in [0.1, 0.15) is 6.04 Å². The van der Waals surface area contributed by atoms with Crippen LogP contribution >= 0.6 is 0 Å². The van der Waals surface area contributed by atoms with Crippen molar-refractivity contribution in [3.8, 4) is 0 Å². The molecule has 0 spiro atoms. The van der Waals surface area contributed by atoms with Gasteiger partial charge in [-0.15, -0.1) is 0 Å². The van der Waals surface area contributed by atoms with Crippen LogP contribution in [0.15, 0.2) is 18.2 Å². The largest absolute Gasteiger partial charge is 0.328 e. The van der Waals surface area contributed by atoms with Gasteiger partial charge in [0.2, 0.25) is 11.8 Å². The molecule has 0 saturated carbocycles. The van der Waals surface area contributed by atoms with E-state index in [0.29, 0.717) is 24.4 Å². The summed E-state index contributed by atoms with van der Waals surface area (Å²) in [5.74, 6) is -0.142. The zero-order chi connectivity index (χ0) is 19.8. The Morgan fingerprint density at radius 2 is 1.93 bits per heavy atom. The minimum atomic E-state index is -0.557. The molecule has 0 aromatic heterocycles. The van der Waals surface area contributed by atoms with E-state index < -0.39 is 6.04 Å². The molecule has 3 aliphatic heterocycles. The number of nitrogens with two attached hydrogens (primary N) is 1. The van der Waals surface area contributed by atoms with Gasteiger partial charge in [-0.3, -0.25) is 24.6 Å². The van der Waals surface area contributed by atoms with Gasteiger partial charge in [-0.2, -0.15) is 0 Å².